The first-order valence-corrected chi connectivity index (χ1v) is 12.2. The smallest absolute Gasteiger partial charge is 0.307 e. The van der Waals surface area contributed by atoms with Crippen LogP contribution in [0.2, 0.25) is 0 Å². The van der Waals surface area contributed by atoms with Gasteiger partial charge in [0.1, 0.15) is 12.2 Å². The van der Waals surface area contributed by atoms with E-state index in [-0.39, 0.29) is 11.9 Å². The van der Waals surface area contributed by atoms with Crippen molar-refractivity contribution in [2.45, 2.75) is 52.1 Å². The Morgan fingerprint density at radius 1 is 1.23 bits per heavy atom. The van der Waals surface area contributed by atoms with Gasteiger partial charge in [-0.1, -0.05) is 18.2 Å². The number of fused-ring (bicyclic) bond motifs is 2. The number of hydrogen-bond acceptors (Lipinski definition) is 4. The van der Waals surface area contributed by atoms with Gasteiger partial charge in [-0.05, 0) is 51.0 Å². The minimum Gasteiger partial charge on any atom is -0.424 e. The fourth-order valence-corrected chi connectivity index (χ4v) is 5.04. The van der Waals surface area contributed by atoms with Gasteiger partial charge < -0.3 is 9.64 Å². The fraction of sp³-hybridized carbons (Fsp3) is 0.286. The van der Waals surface area contributed by atoms with Crippen LogP contribution in [0.5, 0.6) is 11.8 Å². The average molecular weight is 467 g/mol. The fourth-order valence-electron chi connectivity index (χ4n) is 5.04. The number of anilines is 1. The molecule has 0 N–H and O–H groups in total. The number of ether oxygens (including phenoxy) is 1. The average Bonchev–Trinajstić information content (AvgIpc) is 3.48. The van der Waals surface area contributed by atoms with Crippen LogP contribution in [0.15, 0.2) is 54.9 Å². The van der Waals surface area contributed by atoms with Gasteiger partial charge in [-0.3, -0.25) is 9.36 Å². The molecule has 3 heterocycles. The highest BCUT2D eigenvalue weighted by molar-refractivity contribution is 5.95. The van der Waals surface area contributed by atoms with Crippen LogP contribution in [0.4, 0.5) is 5.69 Å². The predicted molar refractivity (Wildman–Crippen MR) is 137 cm³/mol. The number of allylic oxidation sites excluding steroid dienone is 1. The minimum atomic E-state index is 0.0374. The SMILES string of the molecule is C/C=C/n1c(Oc2c(-c3cnn(C4[CH+]C4)c3)ccc3c2CC[C@H](C)N3C(C)=O)nc2ccccc21. The van der Waals surface area contributed by atoms with Gasteiger partial charge in [0.25, 0.3) is 0 Å². The number of carbonyl (C=O) groups excluding carboxylic acids is 1. The van der Waals surface area contributed by atoms with Crippen LogP contribution in [-0.4, -0.2) is 31.3 Å². The van der Waals surface area contributed by atoms with Crippen LogP contribution < -0.4 is 9.64 Å². The summed E-state index contributed by atoms with van der Waals surface area (Å²) in [6.07, 6.45) is 12.9. The first kappa shape index (κ1) is 21.5. The number of aromatic nitrogens is 4. The number of para-hydroxylation sites is 2. The number of nitrogens with zero attached hydrogens (tertiary/aromatic N) is 5. The summed E-state index contributed by atoms with van der Waals surface area (Å²) in [7, 11) is 0. The summed E-state index contributed by atoms with van der Waals surface area (Å²) >= 11 is 0. The summed E-state index contributed by atoms with van der Waals surface area (Å²) in [5.74, 6) is 0.774. The third kappa shape index (κ3) is 3.67. The van der Waals surface area contributed by atoms with E-state index in [9.17, 15) is 4.79 Å². The molecule has 0 bridgehead atoms. The van der Waals surface area contributed by atoms with Crippen LogP contribution in [-0.2, 0) is 11.2 Å². The highest BCUT2D eigenvalue weighted by Gasteiger charge is 2.38. The van der Waals surface area contributed by atoms with Crippen LogP contribution in [0.25, 0.3) is 28.4 Å². The number of rotatable bonds is 5. The Labute approximate surface area is 204 Å². The second kappa shape index (κ2) is 8.34. The van der Waals surface area contributed by atoms with Gasteiger partial charge in [0.05, 0.1) is 22.9 Å². The molecule has 4 aromatic rings. The molecule has 6 rings (SSSR count). The second-order valence-corrected chi connectivity index (χ2v) is 9.30. The van der Waals surface area contributed by atoms with Gasteiger partial charge in [0, 0.05) is 42.1 Å². The van der Waals surface area contributed by atoms with E-state index in [1.54, 1.807) is 6.92 Å². The molecular formula is C28H28N5O2+. The summed E-state index contributed by atoms with van der Waals surface area (Å²) in [6.45, 7) is 5.70. The van der Waals surface area contributed by atoms with Crippen molar-refractivity contribution in [3.63, 3.8) is 0 Å². The monoisotopic (exact) mass is 466 g/mol. The summed E-state index contributed by atoms with van der Waals surface area (Å²) < 4.78 is 10.7. The maximum Gasteiger partial charge on any atom is 0.307 e. The Bertz CT molecular complexity index is 1460. The van der Waals surface area contributed by atoms with Crippen molar-refractivity contribution < 1.29 is 9.53 Å². The lowest BCUT2D eigenvalue weighted by molar-refractivity contribution is -0.117. The van der Waals surface area contributed by atoms with Crippen LogP contribution >= 0.6 is 0 Å². The first-order chi connectivity index (χ1) is 17.0. The first-order valence-electron chi connectivity index (χ1n) is 12.2. The van der Waals surface area contributed by atoms with Crippen molar-refractivity contribution in [2.75, 3.05) is 4.90 Å². The molecule has 1 saturated carbocycles. The number of amides is 1. The quantitative estimate of drug-likeness (QED) is 0.337. The lowest BCUT2D eigenvalue weighted by Crippen LogP contribution is -2.40. The molecule has 0 spiro atoms. The highest BCUT2D eigenvalue weighted by Crippen LogP contribution is 2.45. The van der Waals surface area contributed by atoms with Gasteiger partial charge in [-0.25, -0.2) is 4.68 Å². The molecule has 0 saturated heterocycles. The largest absolute Gasteiger partial charge is 0.424 e. The third-order valence-electron chi connectivity index (χ3n) is 6.84. The Kier molecular flexibility index (Phi) is 5.13. The summed E-state index contributed by atoms with van der Waals surface area (Å²) in [5, 5.41) is 4.59. The van der Waals surface area contributed by atoms with E-state index in [0.717, 1.165) is 58.4 Å². The number of imidazole rings is 1. The number of carbonyl (C=O) groups is 1. The van der Waals surface area contributed by atoms with Crippen molar-refractivity contribution >= 4 is 28.8 Å². The van der Waals surface area contributed by atoms with Gasteiger partial charge >= 0.3 is 6.01 Å². The van der Waals surface area contributed by atoms with E-state index in [2.05, 4.69) is 24.6 Å². The van der Waals surface area contributed by atoms with Gasteiger partial charge in [-0.2, -0.15) is 10.1 Å². The van der Waals surface area contributed by atoms with E-state index in [1.165, 1.54) is 0 Å². The van der Waals surface area contributed by atoms with E-state index in [1.807, 2.05) is 75.9 Å². The topological polar surface area (TPSA) is 65.2 Å². The Balaban J connectivity index is 1.54. The Morgan fingerprint density at radius 2 is 2.06 bits per heavy atom. The van der Waals surface area contributed by atoms with Crippen molar-refractivity contribution in [1.29, 1.82) is 0 Å². The molecule has 1 unspecified atom stereocenters. The van der Waals surface area contributed by atoms with Crippen molar-refractivity contribution in [1.82, 2.24) is 19.3 Å². The maximum atomic E-state index is 12.6. The molecule has 1 fully saturated rings. The zero-order valence-electron chi connectivity index (χ0n) is 20.2. The summed E-state index contributed by atoms with van der Waals surface area (Å²) in [5.41, 5.74) is 5.72. The zero-order valence-corrected chi connectivity index (χ0v) is 20.2. The standard InChI is InChI=1S/C28H28N5O2/c1-4-15-31-26-8-6-5-7-24(26)30-28(31)35-27-22(20-16-29-32(17-20)21-10-11-21)13-14-25-23(27)12-9-18(2)33(25)19(3)34/h4-8,10,13-18,21H,9,11-12H2,1-3H3/q+1/b15-4+/t18-,21?/m0/s1. The van der Waals surface area contributed by atoms with E-state index < -0.39 is 0 Å². The molecule has 1 aliphatic carbocycles. The van der Waals surface area contributed by atoms with Crippen molar-refractivity contribution in [2.24, 2.45) is 0 Å². The van der Waals surface area contributed by atoms with E-state index in [4.69, 9.17) is 9.72 Å². The molecule has 1 amide bonds. The number of hydrogen-bond donors (Lipinski definition) is 0. The second-order valence-electron chi connectivity index (χ2n) is 9.30. The number of benzene rings is 2. The molecule has 2 aromatic heterocycles. The van der Waals surface area contributed by atoms with Crippen LogP contribution in [0.1, 0.15) is 45.2 Å². The zero-order chi connectivity index (χ0) is 24.1. The minimum absolute atomic E-state index is 0.0374. The molecule has 2 aromatic carbocycles. The molecule has 1 aliphatic heterocycles. The van der Waals surface area contributed by atoms with Crippen molar-refractivity contribution in [3.05, 3.63) is 66.9 Å². The highest BCUT2D eigenvalue weighted by atomic mass is 16.5. The van der Waals surface area contributed by atoms with Gasteiger partial charge in [-0.15, -0.1) is 0 Å². The normalized spacial score (nSPS) is 19.1. The predicted octanol–water partition coefficient (Wildman–Crippen LogP) is 6.02. The van der Waals surface area contributed by atoms with Crippen LogP contribution in [0, 0.1) is 6.42 Å². The maximum absolute atomic E-state index is 12.6. The van der Waals surface area contributed by atoms with E-state index in [0.29, 0.717) is 12.1 Å². The van der Waals surface area contributed by atoms with Crippen LogP contribution in [0.3, 0.4) is 0 Å². The molecule has 7 heteroatoms. The van der Waals surface area contributed by atoms with Gasteiger partial charge in [0.15, 0.2) is 6.42 Å². The Hall–Kier alpha value is -4.00. The lowest BCUT2D eigenvalue weighted by atomic mass is 9.92. The van der Waals surface area contributed by atoms with Gasteiger partial charge in [0.2, 0.25) is 11.9 Å². The molecular weight excluding hydrogens is 438 g/mol. The Morgan fingerprint density at radius 3 is 2.83 bits per heavy atom. The molecule has 7 nitrogen and oxygen atoms in total. The van der Waals surface area contributed by atoms with Crippen molar-refractivity contribution in [3.8, 4) is 22.9 Å². The molecule has 0 radical (unpaired) electrons. The van der Waals surface area contributed by atoms with E-state index >= 15 is 0 Å². The molecule has 2 atom stereocenters. The third-order valence-corrected chi connectivity index (χ3v) is 6.84. The molecule has 35 heavy (non-hydrogen) atoms. The summed E-state index contributed by atoms with van der Waals surface area (Å²) in [6, 6.07) is 13.1. The molecule has 2 aliphatic rings. The lowest BCUT2D eigenvalue weighted by Gasteiger charge is -2.35. The molecule has 176 valence electrons. The summed E-state index contributed by atoms with van der Waals surface area (Å²) in [4.78, 5) is 19.3.